The lowest BCUT2D eigenvalue weighted by atomic mass is 10.4. The summed E-state index contributed by atoms with van der Waals surface area (Å²) in [6, 6.07) is 0. The van der Waals surface area contributed by atoms with Crippen molar-refractivity contribution in [3.63, 3.8) is 0 Å². The predicted octanol–water partition coefficient (Wildman–Crippen LogP) is 0.706. The van der Waals surface area contributed by atoms with Gasteiger partial charge < -0.3 is 14.0 Å². The van der Waals surface area contributed by atoms with Crippen molar-refractivity contribution in [3.05, 3.63) is 15.4 Å². The molecule has 0 spiro atoms. The van der Waals surface area contributed by atoms with Gasteiger partial charge in [-0.3, -0.25) is 5.41 Å². The number of thiazole rings is 1. The van der Waals surface area contributed by atoms with E-state index in [1.807, 2.05) is 4.57 Å². The number of ether oxygens (including phenoxy) is 2. The molecule has 0 saturated carbocycles. The van der Waals surface area contributed by atoms with Crippen LogP contribution in [0.2, 0.25) is 0 Å². The minimum atomic E-state index is 0.602. The van der Waals surface area contributed by atoms with E-state index in [1.54, 1.807) is 7.11 Å². The summed E-state index contributed by atoms with van der Waals surface area (Å²) in [4.78, 5) is 1.80. The van der Waals surface area contributed by atoms with Gasteiger partial charge in [0.15, 0.2) is 4.80 Å². The molecule has 1 N–H and O–H groups in total. The van der Waals surface area contributed by atoms with Crippen molar-refractivity contribution in [2.45, 2.75) is 19.8 Å². The van der Waals surface area contributed by atoms with Crippen LogP contribution in [0, 0.1) is 5.41 Å². The lowest BCUT2D eigenvalue weighted by Gasteiger charge is -2.04. The van der Waals surface area contributed by atoms with Crippen LogP contribution in [0.3, 0.4) is 0 Å². The van der Waals surface area contributed by atoms with Gasteiger partial charge in [0.05, 0.1) is 30.4 Å². The lowest BCUT2D eigenvalue weighted by Crippen LogP contribution is -2.18. The summed E-state index contributed by atoms with van der Waals surface area (Å²) in [5, 5.41) is 7.72. The third-order valence-electron chi connectivity index (χ3n) is 2.10. The zero-order valence-electron chi connectivity index (χ0n) is 7.50. The SMILES string of the molecule is COCCn1c2c(sc1=N)COC2. The van der Waals surface area contributed by atoms with Crippen molar-refractivity contribution in [3.8, 4) is 0 Å². The van der Waals surface area contributed by atoms with Crippen LogP contribution in [0.1, 0.15) is 10.6 Å². The summed E-state index contributed by atoms with van der Waals surface area (Å²) in [6.45, 7) is 2.73. The largest absolute Gasteiger partial charge is 0.383 e. The predicted molar refractivity (Wildman–Crippen MR) is 48.5 cm³/mol. The van der Waals surface area contributed by atoms with Gasteiger partial charge in [-0.15, -0.1) is 0 Å². The van der Waals surface area contributed by atoms with Crippen LogP contribution >= 0.6 is 11.3 Å². The first kappa shape index (κ1) is 8.93. The molecule has 1 aliphatic heterocycles. The number of aromatic nitrogens is 1. The number of methoxy groups -OCH3 is 1. The fraction of sp³-hybridized carbons (Fsp3) is 0.625. The van der Waals surface area contributed by atoms with Gasteiger partial charge in [-0.2, -0.15) is 0 Å². The fourth-order valence-electron chi connectivity index (χ4n) is 1.43. The molecule has 1 aromatic rings. The second kappa shape index (κ2) is 3.61. The van der Waals surface area contributed by atoms with E-state index in [0.717, 1.165) is 12.2 Å². The van der Waals surface area contributed by atoms with E-state index in [1.165, 1.54) is 16.2 Å². The quantitative estimate of drug-likeness (QED) is 0.781. The van der Waals surface area contributed by atoms with E-state index in [9.17, 15) is 0 Å². The number of nitrogens with zero attached hydrogens (tertiary/aromatic N) is 1. The molecule has 0 unspecified atom stereocenters. The molecular formula is C8H12N2O2S. The van der Waals surface area contributed by atoms with Crippen LogP contribution in [-0.4, -0.2) is 18.3 Å². The number of nitrogens with one attached hydrogen (secondary N) is 1. The van der Waals surface area contributed by atoms with Crippen molar-refractivity contribution in [1.82, 2.24) is 4.57 Å². The number of fused-ring (bicyclic) bond motifs is 1. The van der Waals surface area contributed by atoms with Crippen molar-refractivity contribution < 1.29 is 9.47 Å². The van der Waals surface area contributed by atoms with Gasteiger partial charge in [-0.25, -0.2) is 0 Å². The Hall–Kier alpha value is -0.650. The summed E-state index contributed by atoms with van der Waals surface area (Å²) in [6.07, 6.45) is 0. The highest BCUT2D eigenvalue weighted by Gasteiger charge is 2.18. The molecular weight excluding hydrogens is 188 g/mol. The van der Waals surface area contributed by atoms with Crippen LogP contribution in [-0.2, 0) is 29.2 Å². The number of hydrogen-bond acceptors (Lipinski definition) is 4. The molecule has 1 aromatic heterocycles. The van der Waals surface area contributed by atoms with E-state index in [2.05, 4.69) is 0 Å². The topological polar surface area (TPSA) is 47.2 Å². The molecule has 0 bridgehead atoms. The van der Waals surface area contributed by atoms with Crippen LogP contribution < -0.4 is 4.80 Å². The molecule has 4 nitrogen and oxygen atoms in total. The Labute approximate surface area is 80.2 Å². The molecule has 2 rings (SSSR count). The molecule has 0 aromatic carbocycles. The maximum absolute atomic E-state index is 7.72. The molecule has 0 fully saturated rings. The highest BCUT2D eigenvalue weighted by molar-refractivity contribution is 7.09. The summed E-state index contributed by atoms with van der Waals surface area (Å²) in [5.74, 6) is 0. The normalized spacial score (nSPS) is 14.8. The molecule has 2 heterocycles. The van der Waals surface area contributed by atoms with Crippen molar-refractivity contribution in [1.29, 1.82) is 5.41 Å². The van der Waals surface area contributed by atoms with Crippen LogP contribution in [0.15, 0.2) is 0 Å². The van der Waals surface area contributed by atoms with Crippen LogP contribution in [0.25, 0.3) is 0 Å². The van der Waals surface area contributed by atoms with Gasteiger partial charge in [-0.1, -0.05) is 11.3 Å². The lowest BCUT2D eigenvalue weighted by molar-refractivity contribution is 0.129. The first-order valence-corrected chi connectivity index (χ1v) is 4.97. The monoisotopic (exact) mass is 200 g/mol. The Kier molecular flexibility index (Phi) is 2.48. The summed E-state index contributed by atoms with van der Waals surface area (Å²) in [7, 11) is 1.67. The molecule has 0 aliphatic carbocycles. The first-order valence-electron chi connectivity index (χ1n) is 4.15. The van der Waals surface area contributed by atoms with E-state index < -0.39 is 0 Å². The van der Waals surface area contributed by atoms with Crippen LogP contribution in [0.4, 0.5) is 0 Å². The van der Waals surface area contributed by atoms with Gasteiger partial charge >= 0.3 is 0 Å². The minimum Gasteiger partial charge on any atom is -0.383 e. The third-order valence-corrected chi connectivity index (χ3v) is 3.12. The van der Waals surface area contributed by atoms with Gasteiger partial charge in [0.1, 0.15) is 0 Å². The highest BCUT2D eigenvalue weighted by Crippen LogP contribution is 2.21. The van der Waals surface area contributed by atoms with Crippen molar-refractivity contribution in [2.75, 3.05) is 13.7 Å². The summed E-state index contributed by atoms with van der Waals surface area (Å²) >= 11 is 1.50. The first-order chi connectivity index (χ1) is 6.33. The fourth-order valence-corrected chi connectivity index (χ4v) is 2.41. The Morgan fingerprint density at radius 3 is 3.23 bits per heavy atom. The van der Waals surface area contributed by atoms with Gasteiger partial charge in [-0.05, 0) is 0 Å². The van der Waals surface area contributed by atoms with Gasteiger partial charge in [0.25, 0.3) is 0 Å². The maximum Gasteiger partial charge on any atom is 0.182 e. The van der Waals surface area contributed by atoms with E-state index in [-0.39, 0.29) is 0 Å². The molecule has 0 amide bonds. The van der Waals surface area contributed by atoms with Crippen molar-refractivity contribution in [2.24, 2.45) is 0 Å². The van der Waals surface area contributed by atoms with E-state index in [4.69, 9.17) is 14.9 Å². The Bertz CT molecular complexity index is 356. The highest BCUT2D eigenvalue weighted by atomic mass is 32.1. The maximum atomic E-state index is 7.72. The van der Waals surface area contributed by atoms with E-state index in [0.29, 0.717) is 24.6 Å². The number of hydrogen-bond donors (Lipinski definition) is 1. The second-order valence-corrected chi connectivity index (χ2v) is 4.00. The van der Waals surface area contributed by atoms with Gasteiger partial charge in [0.2, 0.25) is 0 Å². The minimum absolute atomic E-state index is 0.602. The Morgan fingerprint density at radius 2 is 2.46 bits per heavy atom. The van der Waals surface area contributed by atoms with Crippen LogP contribution in [0.5, 0.6) is 0 Å². The molecule has 0 atom stereocenters. The zero-order chi connectivity index (χ0) is 9.26. The zero-order valence-corrected chi connectivity index (χ0v) is 8.32. The van der Waals surface area contributed by atoms with Gasteiger partial charge in [0, 0.05) is 13.7 Å². The number of rotatable bonds is 3. The standard InChI is InChI=1S/C8H12N2O2S/c1-11-3-2-10-6-4-12-5-7(6)13-8(10)9/h9H,2-5H2,1H3. The molecule has 13 heavy (non-hydrogen) atoms. The van der Waals surface area contributed by atoms with E-state index >= 15 is 0 Å². The Balaban J connectivity index is 2.28. The summed E-state index contributed by atoms with van der Waals surface area (Å²) < 4.78 is 12.3. The average Bonchev–Trinajstić information content (AvgIpc) is 2.62. The average molecular weight is 200 g/mol. The molecule has 0 radical (unpaired) electrons. The molecule has 1 aliphatic rings. The second-order valence-electron chi connectivity index (χ2n) is 2.91. The molecule has 0 saturated heterocycles. The third kappa shape index (κ3) is 1.54. The Morgan fingerprint density at radius 1 is 1.62 bits per heavy atom. The molecule has 72 valence electrons. The smallest absolute Gasteiger partial charge is 0.182 e. The van der Waals surface area contributed by atoms with Crippen molar-refractivity contribution >= 4 is 11.3 Å². The molecule has 5 heteroatoms. The summed E-state index contributed by atoms with van der Waals surface area (Å²) in [5.41, 5.74) is 1.16.